The fourth-order valence-corrected chi connectivity index (χ4v) is 1.69. The molecule has 102 valence electrons. The van der Waals surface area contributed by atoms with Crippen LogP contribution in [0.1, 0.15) is 53.7 Å². The Morgan fingerprint density at radius 1 is 1.42 bits per heavy atom. The van der Waals surface area contributed by atoms with E-state index < -0.39 is 0 Å². The third-order valence-corrected chi connectivity index (χ3v) is 2.70. The zero-order chi connectivity index (χ0) is 14.0. The number of aromatic nitrogens is 4. The smallest absolute Gasteiger partial charge is 0.289 e. The number of hydrogen-bond acceptors (Lipinski definition) is 5. The van der Waals surface area contributed by atoms with Crippen LogP contribution in [0, 0.1) is 13.8 Å². The van der Waals surface area contributed by atoms with Gasteiger partial charge in [-0.1, -0.05) is 6.92 Å². The number of nitrogens with zero attached hydrogens (tertiary/aromatic N) is 3. The maximum absolute atomic E-state index is 12.1. The Morgan fingerprint density at radius 2 is 2.16 bits per heavy atom. The first-order chi connectivity index (χ1) is 9.01. The average Bonchev–Trinajstić information content (AvgIpc) is 2.95. The first-order valence-corrected chi connectivity index (χ1v) is 6.17. The fourth-order valence-electron chi connectivity index (χ4n) is 1.69. The molecule has 7 nitrogen and oxygen atoms in total. The molecule has 1 atom stereocenters. The van der Waals surface area contributed by atoms with Crippen molar-refractivity contribution in [2.24, 2.45) is 0 Å². The summed E-state index contributed by atoms with van der Waals surface area (Å²) in [7, 11) is 0. The SMILES string of the molecule is CCc1nc(C)c(C(=O)N[C@H](C)c2n[nH]c(C)n2)o1. The minimum absolute atomic E-state index is 0.246. The van der Waals surface area contributed by atoms with E-state index in [0.29, 0.717) is 29.7 Å². The lowest BCUT2D eigenvalue weighted by atomic mass is 10.3. The number of amides is 1. The molecule has 2 aromatic heterocycles. The van der Waals surface area contributed by atoms with Crippen LogP contribution in [0.4, 0.5) is 0 Å². The van der Waals surface area contributed by atoms with Gasteiger partial charge in [0.1, 0.15) is 5.82 Å². The van der Waals surface area contributed by atoms with Gasteiger partial charge in [0, 0.05) is 6.42 Å². The van der Waals surface area contributed by atoms with Crippen LogP contribution in [-0.4, -0.2) is 26.1 Å². The van der Waals surface area contributed by atoms with Gasteiger partial charge in [-0.15, -0.1) is 0 Å². The van der Waals surface area contributed by atoms with Crippen molar-refractivity contribution in [3.05, 3.63) is 29.0 Å². The normalized spacial score (nSPS) is 12.4. The predicted molar refractivity (Wildman–Crippen MR) is 67.6 cm³/mol. The van der Waals surface area contributed by atoms with E-state index in [2.05, 4.69) is 25.5 Å². The topological polar surface area (TPSA) is 96.7 Å². The maximum atomic E-state index is 12.1. The first-order valence-electron chi connectivity index (χ1n) is 6.17. The monoisotopic (exact) mass is 263 g/mol. The number of oxazole rings is 1. The molecule has 0 fully saturated rings. The molecule has 1 amide bonds. The molecule has 0 saturated heterocycles. The van der Waals surface area contributed by atoms with Crippen LogP contribution in [0.2, 0.25) is 0 Å². The maximum Gasteiger partial charge on any atom is 0.289 e. The highest BCUT2D eigenvalue weighted by atomic mass is 16.4. The number of carbonyl (C=O) groups excluding carboxylic acids is 1. The molecule has 0 aromatic carbocycles. The van der Waals surface area contributed by atoms with Crippen LogP contribution in [0.5, 0.6) is 0 Å². The standard InChI is InChI=1S/C12H17N5O2/c1-5-9-13-6(2)10(19-9)12(18)14-7(3)11-15-8(4)16-17-11/h7H,5H2,1-4H3,(H,14,18)(H,15,16,17)/t7-/m1/s1. The van der Waals surface area contributed by atoms with E-state index in [1.54, 1.807) is 13.8 Å². The van der Waals surface area contributed by atoms with Gasteiger partial charge in [0.05, 0.1) is 11.7 Å². The lowest BCUT2D eigenvalue weighted by Crippen LogP contribution is -2.27. The third kappa shape index (κ3) is 2.81. The van der Waals surface area contributed by atoms with Crippen molar-refractivity contribution in [2.45, 2.75) is 40.2 Å². The number of carbonyl (C=O) groups is 1. The van der Waals surface area contributed by atoms with E-state index in [-0.39, 0.29) is 17.7 Å². The summed E-state index contributed by atoms with van der Waals surface area (Å²) in [5.74, 6) is 1.75. The van der Waals surface area contributed by atoms with E-state index in [1.807, 2.05) is 13.8 Å². The van der Waals surface area contributed by atoms with Gasteiger partial charge in [-0.05, 0) is 20.8 Å². The van der Waals surface area contributed by atoms with Crippen LogP contribution in [0.25, 0.3) is 0 Å². The summed E-state index contributed by atoms with van der Waals surface area (Å²) in [6.07, 6.45) is 0.657. The molecule has 0 saturated carbocycles. The summed E-state index contributed by atoms with van der Waals surface area (Å²) in [4.78, 5) is 20.4. The van der Waals surface area contributed by atoms with Gasteiger partial charge < -0.3 is 9.73 Å². The lowest BCUT2D eigenvalue weighted by molar-refractivity contribution is 0.0907. The Morgan fingerprint density at radius 3 is 2.68 bits per heavy atom. The van der Waals surface area contributed by atoms with Crippen molar-refractivity contribution in [3.63, 3.8) is 0 Å². The minimum Gasteiger partial charge on any atom is -0.435 e. The molecule has 2 rings (SSSR count). The summed E-state index contributed by atoms with van der Waals surface area (Å²) >= 11 is 0. The summed E-state index contributed by atoms with van der Waals surface area (Å²) in [6, 6.07) is -0.299. The summed E-state index contributed by atoms with van der Waals surface area (Å²) in [5.41, 5.74) is 0.590. The molecule has 0 aliphatic rings. The van der Waals surface area contributed by atoms with Crippen molar-refractivity contribution < 1.29 is 9.21 Å². The van der Waals surface area contributed by atoms with Crippen molar-refractivity contribution in [1.29, 1.82) is 0 Å². The first kappa shape index (κ1) is 13.3. The fraction of sp³-hybridized carbons (Fsp3) is 0.500. The van der Waals surface area contributed by atoms with Crippen LogP contribution >= 0.6 is 0 Å². The van der Waals surface area contributed by atoms with Crippen molar-refractivity contribution >= 4 is 5.91 Å². The molecule has 0 aliphatic carbocycles. The van der Waals surface area contributed by atoms with Gasteiger partial charge in [0.25, 0.3) is 5.91 Å². The summed E-state index contributed by atoms with van der Waals surface area (Å²) in [6.45, 7) is 7.29. The van der Waals surface area contributed by atoms with E-state index in [0.717, 1.165) is 0 Å². The second-order valence-corrected chi connectivity index (χ2v) is 4.35. The number of H-pyrrole nitrogens is 1. The van der Waals surface area contributed by atoms with Crippen LogP contribution < -0.4 is 5.32 Å². The van der Waals surface area contributed by atoms with Gasteiger partial charge in [-0.25, -0.2) is 9.97 Å². The average molecular weight is 263 g/mol. The minimum atomic E-state index is -0.306. The highest BCUT2D eigenvalue weighted by molar-refractivity contribution is 5.92. The zero-order valence-corrected chi connectivity index (χ0v) is 11.4. The quantitative estimate of drug-likeness (QED) is 0.870. The second-order valence-electron chi connectivity index (χ2n) is 4.35. The Labute approximate surface area is 110 Å². The van der Waals surface area contributed by atoms with E-state index in [1.165, 1.54) is 0 Å². The zero-order valence-electron chi connectivity index (χ0n) is 11.4. The van der Waals surface area contributed by atoms with E-state index >= 15 is 0 Å². The molecule has 0 unspecified atom stereocenters. The van der Waals surface area contributed by atoms with Gasteiger partial charge in [0.2, 0.25) is 5.76 Å². The molecule has 0 spiro atoms. The summed E-state index contributed by atoms with van der Waals surface area (Å²) in [5, 5.41) is 9.53. The molecule has 2 N–H and O–H groups in total. The van der Waals surface area contributed by atoms with Gasteiger partial charge in [-0.2, -0.15) is 5.10 Å². The van der Waals surface area contributed by atoms with Gasteiger partial charge in [0.15, 0.2) is 11.7 Å². The molecule has 2 aromatic rings. The number of aromatic amines is 1. The second kappa shape index (κ2) is 5.21. The molecular weight excluding hydrogens is 246 g/mol. The van der Waals surface area contributed by atoms with Crippen LogP contribution in [0.15, 0.2) is 4.42 Å². The molecule has 0 bridgehead atoms. The summed E-state index contributed by atoms with van der Waals surface area (Å²) < 4.78 is 5.40. The molecular formula is C12H17N5O2. The third-order valence-electron chi connectivity index (χ3n) is 2.70. The number of rotatable bonds is 4. The number of aryl methyl sites for hydroxylation is 3. The van der Waals surface area contributed by atoms with Crippen molar-refractivity contribution in [1.82, 2.24) is 25.5 Å². The van der Waals surface area contributed by atoms with Crippen molar-refractivity contribution in [3.8, 4) is 0 Å². The molecule has 0 aliphatic heterocycles. The van der Waals surface area contributed by atoms with Gasteiger partial charge >= 0.3 is 0 Å². The highest BCUT2D eigenvalue weighted by Crippen LogP contribution is 2.13. The molecule has 19 heavy (non-hydrogen) atoms. The highest BCUT2D eigenvalue weighted by Gasteiger charge is 2.20. The predicted octanol–water partition coefficient (Wildman–Crippen LogP) is 1.46. The largest absolute Gasteiger partial charge is 0.435 e. The van der Waals surface area contributed by atoms with E-state index in [4.69, 9.17) is 4.42 Å². The van der Waals surface area contributed by atoms with Gasteiger partial charge in [-0.3, -0.25) is 9.89 Å². The number of hydrogen-bond donors (Lipinski definition) is 2. The molecule has 7 heteroatoms. The Bertz CT molecular complexity index is 587. The molecule has 0 radical (unpaired) electrons. The Hall–Kier alpha value is -2.18. The van der Waals surface area contributed by atoms with Crippen molar-refractivity contribution in [2.75, 3.05) is 0 Å². The Kier molecular flexibility index (Phi) is 3.64. The lowest BCUT2D eigenvalue weighted by Gasteiger charge is -2.08. The van der Waals surface area contributed by atoms with Crippen LogP contribution in [0.3, 0.4) is 0 Å². The number of nitrogens with one attached hydrogen (secondary N) is 2. The van der Waals surface area contributed by atoms with E-state index in [9.17, 15) is 4.79 Å². The van der Waals surface area contributed by atoms with Crippen LogP contribution in [-0.2, 0) is 6.42 Å². The molecule has 2 heterocycles. The Balaban J connectivity index is 2.10.